The van der Waals surface area contributed by atoms with E-state index >= 15 is 0 Å². The summed E-state index contributed by atoms with van der Waals surface area (Å²) < 4.78 is 1.98. The molecule has 1 atom stereocenters. The standard InChI is InChI=1S/C10H18N4S2/c1-8(4-6-15)5-7-16-10-11-12-13-14(10)9-2-3-9/h8-9,15H,2-7H2,1H3. The van der Waals surface area contributed by atoms with Gasteiger partial charge in [-0.1, -0.05) is 18.7 Å². The Bertz CT molecular complexity index is 324. The van der Waals surface area contributed by atoms with Gasteiger partial charge in [0.1, 0.15) is 0 Å². The molecule has 1 heterocycles. The van der Waals surface area contributed by atoms with E-state index in [-0.39, 0.29) is 0 Å². The molecule has 1 aliphatic carbocycles. The second-order valence-corrected chi connectivity index (χ2v) is 5.90. The Morgan fingerprint density at radius 2 is 2.31 bits per heavy atom. The molecule has 16 heavy (non-hydrogen) atoms. The highest BCUT2D eigenvalue weighted by molar-refractivity contribution is 7.99. The number of thioether (sulfide) groups is 1. The van der Waals surface area contributed by atoms with Gasteiger partial charge in [0.15, 0.2) is 0 Å². The maximum absolute atomic E-state index is 4.25. The highest BCUT2D eigenvalue weighted by atomic mass is 32.2. The van der Waals surface area contributed by atoms with E-state index in [4.69, 9.17) is 0 Å². The van der Waals surface area contributed by atoms with Crippen LogP contribution in [0.3, 0.4) is 0 Å². The number of tetrazole rings is 1. The van der Waals surface area contributed by atoms with Crippen LogP contribution < -0.4 is 0 Å². The van der Waals surface area contributed by atoms with Gasteiger partial charge in [0, 0.05) is 5.75 Å². The average Bonchev–Trinajstić information content (AvgIpc) is 3.00. The molecule has 0 spiro atoms. The van der Waals surface area contributed by atoms with Crippen LogP contribution in [-0.4, -0.2) is 31.7 Å². The minimum Gasteiger partial charge on any atom is -0.217 e. The van der Waals surface area contributed by atoms with E-state index in [2.05, 4.69) is 35.1 Å². The van der Waals surface area contributed by atoms with Crippen LogP contribution in [0, 0.1) is 5.92 Å². The van der Waals surface area contributed by atoms with Gasteiger partial charge in [-0.05, 0) is 47.8 Å². The summed E-state index contributed by atoms with van der Waals surface area (Å²) in [6, 6.07) is 0.576. The van der Waals surface area contributed by atoms with Crippen LogP contribution in [0.25, 0.3) is 0 Å². The van der Waals surface area contributed by atoms with Crippen LogP contribution in [0.5, 0.6) is 0 Å². The number of thiol groups is 1. The molecule has 0 radical (unpaired) electrons. The van der Waals surface area contributed by atoms with Crippen molar-refractivity contribution < 1.29 is 0 Å². The first-order valence-corrected chi connectivity index (χ1v) is 7.44. The van der Waals surface area contributed by atoms with Gasteiger partial charge in [-0.3, -0.25) is 0 Å². The largest absolute Gasteiger partial charge is 0.217 e. The molecule has 0 amide bonds. The summed E-state index contributed by atoms with van der Waals surface area (Å²) >= 11 is 6.03. The smallest absolute Gasteiger partial charge is 0.209 e. The average molecular weight is 258 g/mol. The second-order valence-electron chi connectivity index (χ2n) is 4.39. The van der Waals surface area contributed by atoms with Crippen LogP contribution >= 0.6 is 24.4 Å². The van der Waals surface area contributed by atoms with Gasteiger partial charge in [-0.25, -0.2) is 4.68 Å². The zero-order valence-corrected chi connectivity index (χ0v) is 11.3. The van der Waals surface area contributed by atoms with Crippen LogP contribution in [-0.2, 0) is 0 Å². The highest BCUT2D eigenvalue weighted by Gasteiger charge is 2.27. The third-order valence-corrected chi connectivity index (χ3v) is 4.04. The molecule has 0 aliphatic heterocycles. The number of nitrogens with zero attached hydrogens (tertiary/aromatic N) is 4. The van der Waals surface area contributed by atoms with Crippen molar-refractivity contribution in [2.24, 2.45) is 5.92 Å². The molecule has 1 aromatic rings. The minimum absolute atomic E-state index is 0.576. The molecule has 90 valence electrons. The van der Waals surface area contributed by atoms with Gasteiger partial charge in [-0.15, -0.1) is 5.10 Å². The van der Waals surface area contributed by atoms with E-state index < -0.39 is 0 Å². The molecule has 1 saturated carbocycles. The normalized spacial score (nSPS) is 17.6. The SMILES string of the molecule is CC(CCS)CCSc1nnnn1C1CC1. The molecule has 0 saturated heterocycles. The fraction of sp³-hybridized carbons (Fsp3) is 0.900. The van der Waals surface area contributed by atoms with Gasteiger partial charge in [0.2, 0.25) is 5.16 Å². The van der Waals surface area contributed by atoms with Crippen molar-refractivity contribution in [3.8, 4) is 0 Å². The van der Waals surface area contributed by atoms with E-state index in [0.717, 1.165) is 22.6 Å². The fourth-order valence-corrected chi connectivity index (χ4v) is 3.10. The number of rotatable bonds is 7. The topological polar surface area (TPSA) is 43.6 Å². The Balaban J connectivity index is 1.74. The summed E-state index contributed by atoms with van der Waals surface area (Å²) in [7, 11) is 0. The van der Waals surface area contributed by atoms with E-state index in [1.54, 1.807) is 11.8 Å². The summed E-state index contributed by atoms with van der Waals surface area (Å²) in [6.45, 7) is 2.28. The molecule has 1 unspecified atom stereocenters. The third-order valence-electron chi connectivity index (χ3n) is 2.82. The van der Waals surface area contributed by atoms with Crippen molar-refractivity contribution in [2.75, 3.05) is 11.5 Å². The Morgan fingerprint density at radius 1 is 1.50 bits per heavy atom. The summed E-state index contributed by atoms with van der Waals surface area (Å²) in [5.74, 6) is 2.82. The lowest BCUT2D eigenvalue weighted by atomic mass is 10.1. The summed E-state index contributed by atoms with van der Waals surface area (Å²) in [5.41, 5.74) is 0. The molecule has 0 aromatic carbocycles. The van der Waals surface area contributed by atoms with Crippen molar-refractivity contribution in [1.29, 1.82) is 0 Å². The van der Waals surface area contributed by atoms with E-state index in [0.29, 0.717) is 6.04 Å². The molecule has 0 N–H and O–H groups in total. The summed E-state index contributed by atoms with van der Waals surface area (Å²) in [5, 5.41) is 12.8. The molecule has 1 aliphatic rings. The Kier molecular flexibility index (Phi) is 4.52. The lowest BCUT2D eigenvalue weighted by molar-refractivity contribution is 0.549. The lowest BCUT2D eigenvalue weighted by Gasteiger charge is -2.08. The maximum atomic E-state index is 4.25. The predicted molar refractivity (Wildman–Crippen MR) is 69.1 cm³/mol. The van der Waals surface area contributed by atoms with Crippen LogP contribution in [0.15, 0.2) is 5.16 Å². The molecule has 2 rings (SSSR count). The number of aromatic nitrogens is 4. The van der Waals surface area contributed by atoms with Crippen molar-refractivity contribution in [3.63, 3.8) is 0 Å². The van der Waals surface area contributed by atoms with E-state index in [1.807, 2.05) is 4.68 Å². The van der Waals surface area contributed by atoms with Crippen molar-refractivity contribution in [2.45, 2.75) is 43.8 Å². The van der Waals surface area contributed by atoms with Crippen molar-refractivity contribution in [3.05, 3.63) is 0 Å². The first-order chi connectivity index (χ1) is 7.81. The van der Waals surface area contributed by atoms with Gasteiger partial charge in [0.05, 0.1) is 6.04 Å². The zero-order valence-electron chi connectivity index (χ0n) is 9.54. The predicted octanol–water partition coefficient (Wildman–Crippen LogP) is 2.45. The Labute approximate surface area is 106 Å². The van der Waals surface area contributed by atoms with E-state index in [9.17, 15) is 0 Å². The first-order valence-electron chi connectivity index (χ1n) is 5.82. The molecule has 6 heteroatoms. The van der Waals surface area contributed by atoms with Crippen LogP contribution in [0.4, 0.5) is 0 Å². The number of hydrogen-bond acceptors (Lipinski definition) is 5. The van der Waals surface area contributed by atoms with Crippen LogP contribution in [0.2, 0.25) is 0 Å². The summed E-state index contributed by atoms with van der Waals surface area (Å²) in [6.07, 6.45) is 4.86. The number of hydrogen-bond donors (Lipinski definition) is 1. The van der Waals surface area contributed by atoms with E-state index in [1.165, 1.54) is 25.7 Å². The van der Waals surface area contributed by atoms with Crippen molar-refractivity contribution in [1.82, 2.24) is 20.2 Å². The van der Waals surface area contributed by atoms with Gasteiger partial charge >= 0.3 is 0 Å². The third kappa shape index (κ3) is 3.38. The highest BCUT2D eigenvalue weighted by Crippen LogP contribution is 2.36. The zero-order chi connectivity index (χ0) is 11.4. The minimum atomic E-state index is 0.576. The monoisotopic (exact) mass is 258 g/mol. The van der Waals surface area contributed by atoms with Gasteiger partial charge < -0.3 is 0 Å². The molecular weight excluding hydrogens is 240 g/mol. The van der Waals surface area contributed by atoms with Crippen LogP contribution in [0.1, 0.15) is 38.6 Å². The second kappa shape index (κ2) is 5.91. The van der Waals surface area contributed by atoms with Gasteiger partial charge in [0.25, 0.3) is 0 Å². The maximum Gasteiger partial charge on any atom is 0.209 e. The Morgan fingerprint density at radius 3 is 3.00 bits per heavy atom. The Hall–Kier alpha value is -0.230. The fourth-order valence-electron chi connectivity index (χ4n) is 1.54. The van der Waals surface area contributed by atoms with Gasteiger partial charge in [-0.2, -0.15) is 12.6 Å². The first kappa shape index (κ1) is 12.2. The molecule has 4 nitrogen and oxygen atoms in total. The molecule has 1 fully saturated rings. The molecule has 1 aromatic heterocycles. The quantitative estimate of drug-likeness (QED) is 0.602. The molecule has 0 bridgehead atoms. The lowest BCUT2D eigenvalue weighted by Crippen LogP contribution is -2.01. The van der Waals surface area contributed by atoms with Crippen molar-refractivity contribution >= 4 is 24.4 Å². The summed E-state index contributed by atoms with van der Waals surface area (Å²) in [4.78, 5) is 0. The molecular formula is C10H18N4S2.